The molecule has 2 aromatic rings. The van der Waals surface area contributed by atoms with E-state index in [-0.39, 0.29) is 23.7 Å². The standard InChI is InChI=1S/C21H22N2O3/c1-26-16-9-7-14(8-10-16)17-13-18(17)21(25)23-12-11-22-20(24)19(23)15-5-3-2-4-6-15/h2-10,17-19H,11-13H2,1H3,(H,22,24)/t17-,18+,19?/m0/s1. The van der Waals surface area contributed by atoms with Gasteiger partial charge in [-0.2, -0.15) is 0 Å². The van der Waals surface area contributed by atoms with Gasteiger partial charge in [-0.25, -0.2) is 0 Å². The summed E-state index contributed by atoms with van der Waals surface area (Å²) in [4.78, 5) is 27.3. The van der Waals surface area contributed by atoms with E-state index in [1.165, 1.54) is 0 Å². The Bertz CT molecular complexity index is 804. The third-order valence-corrected chi connectivity index (χ3v) is 5.26. The first-order chi connectivity index (χ1) is 12.7. The Morgan fingerprint density at radius 1 is 1.08 bits per heavy atom. The second kappa shape index (κ2) is 6.83. The van der Waals surface area contributed by atoms with Gasteiger partial charge in [0.25, 0.3) is 0 Å². The molecule has 134 valence electrons. The van der Waals surface area contributed by atoms with Crippen LogP contribution in [-0.4, -0.2) is 36.9 Å². The van der Waals surface area contributed by atoms with Crippen molar-refractivity contribution in [2.45, 2.75) is 18.4 Å². The fourth-order valence-corrected chi connectivity index (χ4v) is 3.77. The van der Waals surface area contributed by atoms with Crippen LogP contribution in [0.15, 0.2) is 54.6 Å². The number of hydrogen-bond donors (Lipinski definition) is 1. The van der Waals surface area contributed by atoms with Crippen molar-refractivity contribution in [3.63, 3.8) is 0 Å². The van der Waals surface area contributed by atoms with Crippen molar-refractivity contribution in [1.29, 1.82) is 0 Å². The number of benzene rings is 2. The highest BCUT2D eigenvalue weighted by Gasteiger charge is 2.48. The van der Waals surface area contributed by atoms with Crippen molar-refractivity contribution in [3.05, 3.63) is 65.7 Å². The van der Waals surface area contributed by atoms with Gasteiger partial charge in [-0.05, 0) is 35.6 Å². The molecule has 1 heterocycles. The number of carbonyl (C=O) groups is 2. The van der Waals surface area contributed by atoms with Crippen molar-refractivity contribution < 1.29 is 14.3 Å². The molecule has 2 amide bonds. The van der Waals surface area contributed by atoms with E-state index in [0.717, 1.165) is 23.3 Å². The molecule has 2 aliphatic rings. The van der Waals surface area contributed by atoms with Crippen molar-refractivity contribution >= 4 is 11.8 Å². The molecule has 1 aliphatic heterocycles. The van der Waals surface area contributed by atoms with E-state index < -0.39 is 6.04 Å². The van der Waals surface area contributed by atoms with Crippen LogP contribution in [0.3, 0.4) is 0 Å². The molecule has 1 N–H and O–H groups in total. The minimum Gasteiger partial charge on any atom is -0.497 e. The van der Waals surface area contributed by atoms with Crippen molar-refractivity contribution in [2.75, 3.05) is 20.2 Å². The van der Waals surface area contributed by atoms with Crippen molar-refractivity contribution in [1.82, 2.24) is 10.2 Å². The summed E-state index contributed by atoms with van der Waals surface area (Å²) in [6.07, 6.45) is 0.838. The maximum atomic E-state index is 13.1. The number of carbonyl (C=O) groups excluding carboxylic acids is 2. The zero-order valence-electron chi connectivity index (χ0n) is 14.7. The van der Waals surface area contributed by atoms with Crippen LogP contribution in [0.5, 0.6) is 5.75 Å². The smallest absolute Gasteiger partial charge is 0.247 e. The average Bonchev–Trinajstić information content (AvgIpc) is 3.49. The van der Waals surface area contributed by atoms with Crippen LogP contribution in [0, 0.1) is 5.92 Å². The van der Waals surface area contributed by atoms with Gasteiger partial charge < -0.3 is 15.0 Å². The molecule has 26 heavy (non-hydrogen) atoms. The second-order valence-electron chi connectivity index (χ2n) is 6.86. The van der Waals surface area contributed by atoms with E-state index >= 15 is 0 Å². The normalized spacial score (nSPS) is 24.7. The van der Waals surface area contributed by atoms with Gasteiger partial charge in [-0.3, -0.25) is 9.59 Å². The maximum absolute atomic E-state index is 13.1. The molecule has 2 aromatic carbocycles. The summed E-state index contributed by atoms with van der Waals surface area (Å²) in [6, 6.07) is 16.9. The largest absolute Gasteiger partial charge is 0.497 e. The van der Waals surface area contributed by atoms with Gasteiger partial charge >= 0.3 is 0 Å². The molecule has 5 nitrogen and oxygen atoms in total. The number of piperazine rings is 1. The highest BCUT2D eigenvalue weighted by atomic mass is 16.5. The molecular formula is C21H22N2O3. The van der Waals surface area contributed by atoms with Gasteiger partial charge in [-0.1, -0.05) is 42.5 Å². The number of ether oxygens (including phenoxy) is 1. The highest BCUT2D eigenvalue weighted by Crippen LogP contribution is 2.49. The van der Waals surface area contributed by atoms with Crippen molar-refractivity contribution in [3.8, 4) is 5.75 Å². The number of nitrogens with one attached hydrogen (secondary N) is 1. The van der Waals surface area contributed by atoms with Gasteiger partial charge in [0.05, 0.1) is 7.11 Å². The third kappa shape index (κ3) is 3.05. The first kappa shape index (κ1) is 16.6. The van der Waals surface area contributed by atoms with E-state index in [0.29, 0.717) is 13.1 Å². The lowest BCUT2D eigenvalue weighted by molar-refractivity contribution is -0.144. The Morgan fingerprint density at radius 3 is 2.50 bits per heavy atom. The predicted octanol–water partition coefficient (Wildman–Crippen LogP) is 2.50. The summed E-state index contributed by atoms with van der Waals surface area (Å²) < 4.78 is 5.19. The monoisotopic (exact) mass is 350 g/mol. The molecule has 0 bridgehead atoms. The van der Waals surface area contributed by atoms with E-state index in [4.69, 9.17) is 4.74 Å². The lowest BCUT2D eigenvalue weighted by Gasteiger charge is -2.35. The van der Waals surface area contributed by atoms with E-state index in [1.54, 1.807) is 12.0 Å². The Balaban J connectivity index is 1.52. The molecule has 0 radical (unpaired) electrons. The van der Waals surface area contributed by atoms with Crippen LogP contribution >= 0.6 is 0 Å². The fourth-order valence-electron chi connectivity index (χ4n) is 3.77. The molecule has 0 spiro atoms. The minimum atomic E-state index is -0.533. The van der Waals surface area contributed by atoms with Crippen LogP contribution in [-0.2, 0) is 9.59 Å². The Kier molecular flexibility index (Phi) is 4.37. The number of hydrogen-bond acceptors (Lipinski definition) is 3. The molecule has 3 atom stereocenters. The lowest BCUT2D eigenvalue weighted by atomic mass is 10.0. The second-order valence-corrected chi connectivity index (χ2v) is 6.86. The number of rotatable bonds is 4. The quantitative estimate of drug-likeness (QED) is 0.922. The Labute approximate surface area is 153 Å². The zero-order valence-corrected chi connectivity index (χ0v) is 14.7. The average molecular weight is 350 g/mol. The molecule has 1 aliphatic carbocycles. The molecule has 1 saturated heterocycles. The van der Waals surface area contributed by atoms with Gasteiger partial charge in [0.15, 0.2) is 0 Å². The van der Waals surface area contributed by atoms with E-state index in [1.807, 2.05) is 54.6 Å². The lowest BCUT2D eigenvalue weighted by Crippen LogP contribution is -2.52. The summed E-state index contributed by atoms with van der Waals surface area (Å²) >= 11 is 0. The number of nitrogens with zero attached hydrogens (tertiary/aromatic N) is 1. The van der Waals surface area contributed by atoms with E-state index in [2.05, 4.69) is 5.32 Å². The first-order valence-corrected chi connectivity index (χ1v) is 8.96. The molecule has 0 aromatic heterocycles. The van der Waals surface area contributed by atoms with E-state index in [9.17, 15) is 9.59 Å². The maximum Gasteiger partial charge on any atom is 0.247 e. The molecule has 4 rings (SSSR count). The van der Waals surface area contributed by atoms with Crippen molar-refractivity contribution in [2.24, 2.45) is 5.92 Å². The molecule has 1 saturated carbocycles. The number of amides is 2. The molecule has 2 fully saturated rings. The summed E-state index contributed by atoms with van der Waals surface area (Å²) in [5.41, 5.74) is 2.02. The molecule has 5 heteroatoms. The van der Waals surface area contributed by atoms with Crippen LogP contribution < -0.4 is 10.1 Å². The van der Waals surface area contributed by atoms with Crippen LogP contribution in [0.1, 0.15) is 29.5 Å². The van der Waals surface area contributed by atoms with Crippen LogP contribution in [0.25, 0.3) is 0 Å². The third-order valence-electron chi connectivity index (χ3n) is 5.26. The molecular weight excluding hydrogens is 328 g/mol. The summed E-state index contributed by atoms with van der Waals surface area (Å²) in [7, 11) is 1.64. The van der Waals surface area contributed by atoms with Crippen LogP contribution in [0.2, 0.25) is 0 Å². The summed E-state index contributed by atoms with van der Waals surface area (Å²) in [5, 5.41) is 2.88. The first-order valence-electron chi connectivity index (χ1n) is 8.96. The fraction of sp³-hybridized carbons (Fsp3) is 0.333. The minimum absolute atomic E-state index is 0.0412. The Hall–Kier alpha value is -2.82. The van der Waals surface area contributed by atoms with Gasteiger partial charge in [0.2, 0.25) is 11.8 Å². The highest BCUT2D eigenvalue weighted by molar-refractivity contribution is 5.92. The Morgan fingerprint density at radius 2 is 1.81 bits per heavy atom. The molecule has 1 unspecified atom stereocenters. The van der Waals surface area contributed by atoms with Crippen LogP contribution in [0.4, 0.5) is 0 Å². The van der Waals surface area contributed by atoms with Gasteiger partial charge in [-0.15, -0.1) is 0 Å². The SMILES string of the molecule is COc1ccc([C@@H]2C[C@H]2C(=O)N2CCNC(=O)C2c2ccccc2)cc1. The number of methoxy groups -OCH3 is 1. The summed E-state index contributed by atoms with van der Waals surface area (Å²) in [6.45, 7) is 1.06. The zero-order chi connectivity index (χ0) is 18.1. The topological polar surface area (TPSA) is 58.6 Å². The van der Waals surface area contributed by atoms with Gasteiger partial charge in [0.1, 0.15) is 11.8 Å². The van der Waals surface area contributed by atoms with Gasteiger partial charge in [0, 0.05) is 19.0 Å². The summed E-state index contributed by atoms with van der Waals surface area (Å²) in [5.74, 6) is 0.983. The predicted molar refractivity (Wildman–Crippen MR) is 97.7 cm³/mol.